The van der Waals surface area contributed by atoms with Crippen molar-refractivity contribution in [2.75, 3.05) is 13.6 Å². The maximum Gasteiger partial charge on any atom is 0.240 e. The molecule has 0 saturated heterocycles. The van der Waals surface area contributed by atoms with Gasteiger partial charge in [0.2, 0.25) is 10.0 Å². The van der Waals surface area contributed by atoms with Crippen LogP contribution in [0.2, 0.25) is 0 Å². The molecule has 7 heteroatoms. The van der Waals surface area contributed by atoms with Crippen molar-refractivity contribution in [1.82, 2.24) is 15.0 Å². The molecule has 0 unspecified atom stereocenters. The molecule has 5 nitrogen and oxygen atoms in total. The van der Waals surface area contributed by atoms with E-state index in [0.717, 1.165) is 23.4 Å². The van der Waals surface area contributed by atoms with E-state index in [-0.39, 0.29) is 11.4 Å². The molecule has 2 aromatic rings. The molecule has 1 aromatic heterocycles. The molecule has 0 saturated carbocycles. The molecular weight excluding hydrogens is 294 g/mol. The first-order chi connectivity index (χ1) is 9.62. The topological polar surface area (TPSA) is 71.1 Å². The van der Waals surface area contributed by atoms with Crippen LogP contribution in [0.3, 0.4) is 0 Å². The van der Waals surface area contributed by atoms with Crippen LogP contribution in [0.15, 0.2) is 40.9 Å². The van der Waals surface area contributed by atoms with Gasteiger partial charge in [-0.1, -0.05) is 12.1 Å². The molecule has 0 atom stereocenters. The predicted molar refractivity (Wildman–Crippen MR) is 80.2 cm³/mol. The molecule has 20 heavy (non-hydrogen) atoms. The highest BCUT2D eigenvalue weighted by atomic mass is 32.2. The molecule has 108 valence electrons. The predicted octanol–water partition coefficient (Wildman–Crippen LogP) is 1.38. The van der Waals surface area contributed by atoms with Crippen LogP contribution in [0.25, 0.3) is 0 Å². The van der Waals surface area contributed by atoms with Crippen molar-refractivity contribution in [3.8, 4) is 0 Å². The minimum atomic E-state index is -3.46. The number of benzene rings is 1. The fourth-order valence-electron chi connectivity index (χ4n) is 1.68. The highest BCUT2D eigenvalue weighted by Gasteiger charge is 2.13. The lowest BCUT2D eigenvalue weighted by Crippen LogP contribution is -2.22. The van der Waals surface area contributed by atoms with Gasteiger partial charge in [-0.15, -0.1) is 11.3 Å². The van der Waals surface area contributed by atoms with Gasteiger partial charge in [0.1, 0.15) is 0 Å². The first-order valence-corrected chi connectivity index (χ1v) is 8.58. The molecule has 0 amide bonds. The monoisotopic (exact) mass is 311 g/mol. The van der Waals surface area contributed by atoms with Gasteiger partial charge in [0.15, 0.2) is 0 Å². The van der Waals surface area contributed by atoms with Crippen molar-refractivity contribution in [3.63, 3.8) is 0 Å². The zero-order chi connectivity index (χ0) is 14.4. The fourth-order valence-corrected chi connectivity index (χ4v) is 3.32. The second kappa shape index (κ2) is 6.94. The lowest BCUT2D eigenvalue weighted by molar-refractivity contribution is 0.581. The smallest absolute Gasteiger partial charge is 0.240 e. The number of rotatable bonds is 7. The van der Waals surface area contributed by atoms with Crippen molar-refractivity contribution in [2.24, 2.45) is 0 Å². The van der Waals surface area contributed by atoms with Gasteiger partial charge < -0.3 is 5.32 Å². The first-order valence-electron chi connectivity index (χ1n) is 6.22. The molecule has 0 aliphatic heterocycles. The van der Waals surface area contributed by atoms with E-state index in [1.54, 1.807) is 23.8 Å². The summed E-state index contributed by atoms with van der Waals surface area (Å²) in [7, 11) is -1.57. The van der Waals surface area contributed by atoms with E-state index in [1.807, 2.05) is 19.2 Å². The first kappa shape index (κ1) is 15.1. The Morgan fingerprint density at radius 2 is 2.00 bits per heavy atom. The summed E-state index contributed by atoms with van der Waals surface area (Å²) in [6, 6.07) is 6.97. The molecule has 1 heterocycles. The van der Waals surface area contributed by atoms with Gasteiger partial charge in [-0.25, -0.2) is 13.1 Å². The summed E-state index contributed by atoms with van der Waals surface area (Å²) < 4.78 is 26.8. The Morgan fingerprint density at radius 1 is 1.25 bits per heavy atom. The van der Waals surface area contributed by atoms with E-state index in [2.05, 4.69) is 15.0 Å². The van der Waals surface area contributed by atoms with Crippen molar-refractivity contribution in [3.05, 3.63) is 46.4 Å². The molecular formula is C13H17N3O2S2. The second-order valence-electron chi connectivity index (χ2n) is 4.29. The van der Waals surface area contributed by atoms with Crippen LogP contribution >= 0.6 is 11.3 Å². The molecule has 2 rings (SSSR count). The molecule has 0 bridgehead atoms. The van der Waals surface area contributed by atoms with Crippen LogP contribution in [0.5, 0.6) is 0 Å². The maximum atomic E-state index is 12.1. The molecule has 1 aromatic carbocycles. The third-order valence-electron chi connectivity index (χ3n) is 2.82. The van der Waals surface area contributed by atoms with E-state index < -0.39 is 10.0 Å². The van der Waals surface area contributed by atoms with E-state index in [9.17, 15) is 8.42 Å². The number of likely N-dealkylation sites (N-methyl/N-ethyl adjacent to an activating group) is 1. The van der Waals surface area contributed by atoms with Crippen molar-refractivity contribution in [2.45, 2.75) is 17.9 Å². The second-order valence-corrected chi connectivity index (χ2v) is 7.03. The number of sulfonamides is 1. The zero-order valence-electron chi connectivity index (χ0n) is 11.2. The molecule has 0 spiro atoms. The van der Waals surface area contributed by atoms with Gasteiger partial charge in [-0.05, 0) is 37.7 Å². The Balaban J connectivity index is 2.01. The highest BCUT2D eigenvalue weighted by molar-refractivity contribution is 7.89. The van der Waals surface area contributed by atoms with Crippen LogP contribution in [0.4, 0.5) is 0 Å². The number of aromatic nitrogens is 1. The Labute approximate surface area is 123 Å². The van der Waals surface area contributed by atoms with E-state index >= 15 is 0 Å². The minimum Gasteiger partial charge on any atom is -0.319 e. The standard InChI is InChI=1S/C13H17N3O2S2/c1-14-7-6-11-2-4-13(5-3-11)20(17,18)16-9-12-8-15-10-19-12/h2-5,8,10,14,16H,6-7,9H2,1H3. The molecule has 0 radical (unpaired) electrons. The quantitative estimate of drug-likeness (QED) is 0.810. The largest absolute Gasteiger partial charge is 0.319 e. The van der Waals surface area contributed by atoms with Crippen LogP contribution in [0, 0.1) is 0 Å². The lowest BCUT2D eigenvalue weighted by Gasteiger charge is -2.07. The highest BCUT2D eigenvalue weighted by Crippen LogP contribution is 2.12. The van der Waals surface area contributed by atoms with Gasteiger partial charge in [-0.2, -0.15) is 0 Å². The fraction of sp³-hybridized carbons (Fsp3) is 0.308. The summed E-state index contributed by atoms with van der Waals surface area (Å²) in [6.45, 7) is 1.14. The SMILES string of the molecule is CNCCc1ccc(S(=O)(=O)NCc2cncs2)cc1. The summed E-state index contributed by atoms with van der Waals surface area (Å²) in [4.78, 5) is 5.09. The Morgan fingerprint density at radius 3 is 2.60 bits per heavy atom. The molecule has 0 fully saturated rings. The third kappa shape index (κ3) is 4.11. The summed E-state index contributed by atoms with van der Waals surface area (Å²) in [5, 5.41) is 3.06. The van der Waals surface area contributed by atoms with Gasteiger partial charge in [0.25, 0.3) is 0 Å². The van der Waals surface area contributed by atoms with Crippen molar-refractivity contribution in [1.29, 1.82) is 0 Å². The summed E-state index contributed by atoms with van der Waals surface area (Å²) >= 11 is 1.43. The maximum absolute atomic E-state index is 12.1. The van der Waals surface area contributed by atoms with Crippen LogP contribution in [-0.2, 0) is 23.0 Å². The van der Waals surface area contributed by atoms with Crippen LogP contribution in [0.1, 0.15) is 10.4 Å². The number of thiazole rings is 1. The third-order valence-corrected chi connectivity index (χ3v) is 5.01. The lowest BCUT2D eigenvalue weighted by atomic mass is 10.1. The summed E-state index contributed by atoms with van der Waals surface area (Å²) in [6.07, 6.45) is 2.54. The minimum absolute atomic E-state index is 0.272. The molecule has 2 N–H and O–H groups in total. The average molecular weight is 311 g/mol. The van der Waals surface area contributed by atoms with Gasteiger partial charge in [-0.3, -0.25) is 4.98 Å². The van der Waals surface area contributed by atoms with E-state index in [4.69, 9.17) is 0 Å². The number of hydrogen-bond donors (Lipinski definition) is 2. The van der Waals surface area contributed by atoms with Crippen LogP contribution < -0.4 is 10.0 Å². The van der Waals surface area contributed by atoms with Gasteiger partial charge in [0, 0.05) is 17.6 Å². The molecule has 0 aliphatic carbocycles. The summed E-state index contributed by atoms with van der Waals surface area (Å²) in [5.41, 5.74) is 2.79. The summed E-state index contributed by atoms with van der Waals surface area (Å²) in [5.74, 6) is 0. The van der Waals surface area contributed by atoms with Crippen LogP contribution in [-0.4, -0.2) is 27.0 Å². The number of nitrogens with zero attached hydrogens (tertiary/aromatic N) is 1. The average Bonchev–Trinajstić information content (AvgIpc) is 2.97. The van der Waals surface area contributed by atoms with Gasteiger partial charge in [0.05, 0.1) is 10.4 Å². The van der Waals surface area contributed by atoms with Crippen molar-refractivity contribution < 1.29 is 8.42 Å². The van der Waals surface area contributed by atoms with Crippen molar-refractivity contribution >= 4 is 21.4 Å². The van der Waals surface area contributed by atoms with Gasteiger partial charge >= 0.3 is 0 Å². The van der Waals surface area contributed by atoms with E-state index in [0.29, 0.717) is 0 Å². The Hall–Kier alpha value is -1.28. The number of nitrogens with one attached hydrogen (secondary N) is 2. The van der Waals surface area contributed by atoms with E-state index in [1.165, 1.54) is 11.3 Å². The normalized spacial score (nSPS) is 11.7. The Kier molecular flexibility index (Phi) is 5.24. The zero-order valence-corrected chi connectivity index (χ0v) is 12.8. The molecule has 0 aliphatic rings. The number of hydrogen-bond acceptors (Lipinski definition) is 5. The Bertz CT molecular complexity index is 622.